The van der Waals surface area contributed by atoms with Gasteiger partial charge in [-0.25, -0.2) is 14.8 Å². The average Bonchev–Trinajstić information content (AvgIpc) is 3.27. The van der Waals surface area contributed by atoms with Crippen LogP contribution in [0.3, 0.4) is 0 Å². The van der Waals surface area contributed by atoms with Crippen molar-refractivity contribution >= 4 is 28.5 Å². The van der Waals surface area contributed by atoms with Crippen molar-refractivity contribution in [2.24, 2.45) is 0 Å². The minimum absolute atomic E-state index is 0.303. The second-order valence-corrected chi connectivity index (χ2v) is 7.28. The molecule has 0 saturated carbocycles. The Bertz CT molecular complexity index is 1240. The van der Waals surface area contributed by atoms with Gasteiger partial charge in [0, 0.05) is 29.4 Å². The summed E-state index contributed by atoms with van der Waals surface area (Å²) in [6.45, 7) is 1.06. The quantitative estimate of drug-likeness (QED) is 0.463. The highest BCUT2D eigenvalue weighted by atomic mass is 16.5. The van der Waals surface area contributed by atoms with Crippen LogP contribution in [0.15, 0.2) is 60.9 Å². The smallest absolute Gasteiger partial charge is 0.407 e. The van der Waals surface area contributed by atoms with Crippen molar-refractivity contribution in [3.8, 4) is 11.4 Å². The van der Waals surface area contributed by atoms with Crippen LogP contribution in [0.2, 0.25) is 0 Å². The number of morpholine rings is 1. The van der Waals surface area contributed by atoms with Gasteiger partial charge >= 0.3 is 6.09 Å². The second-order valence-electron chi connectivity index (χ2n) is 7.28. The highest BCUT2D eigenvalue weighted by molar-refractivity contribution is 5.82. The van der Waals surface area contributed by atoms with Crippen LogP contribution in [0.1, 0.15) is 11.7 Å². The maximum absolute atomic E-state index is 11.3. The average molecular weight is 416 g/mol. The number of hydrogen-bond acceptors (Lipinski definition) is 6. The van der Waals surface area contributed by atoms with E-state index in [4.69, 9.17) is 4.74 Å². The van der Waals surface area contributed by atoms with Gasteiger partial charge in [0.15, 0.2) is 5.82 Å². The molecular formula is C22H20N6O3. The van der Waals surface area contributed by atoms with Crippen LogP contribution in [0, 0.1) is 0 Å². The van der Waals surface area contributed by atoms with Gasteiger partial charge in [0.2, 0.25) is 0 Å². The Morgan fingerprint density at radius 1 is 1.23 bits per heavy atom. The molecule has 1 aliphatic heterocycles. The first kappa shape index (κ1) is 19.0. The molecule has 2 aromatic carbocycles. The van der Waals surface area contributed by atoms with Gasteiger partial charge in [-0.2, -0.15) is 5.10 Å². The summed E-state index contributed by atoms with van der Waals surface area (Å²) in [6, 6.07) is 15.4. The number of carboxylic acid groups (broad SMARTS) is 1. The van der Waals surface area contributed by atoms with Gasteiger partial charge in [0.25, 0.3) is 0 Å². The summed E-state index contributed by atoms with van der Waals surface area (Å²) in [5.41, 5.74) is 3.60. The van der Waals surface area contributed by atoms with Crippen molar-refractivity contribution in [3.63, 3.8) is 0 Å². The number of nitrogens with zero attached hydrogens (tertiary/aromatic N) is 4. The van der Waals surface area contributed by atoms with Gasteiger partial charge in [0.1, 0.15) is 11.9 Å². The molecule has 1 amide bonds. The van der Waals surface area contributed by atoms with Gasteiger partial charge in [-0.3, -0.25) is 5.10 Å². The Kier molecular flexibility index (Phi) is 4.93. The molecule has 1 saturated heterocycles. The fourth-order valence-corrected chi connectivity index (χ4v) is 3.64. The zero-order valence-corrected chi connectivity index (χ0v) is 16.5. The summed E-state index contributed by atoms with van der Waals surface area (Å²) in [5, 5.41) is 20.6. The van der Waals surface area contributed by atoms with E-state index in [2.05, 4.69) is 25.5 Å². The molecule has 3 heterocycles. The monoisotopic (exact) mass is 416 g/mol. The molecule has 0 spiro atoms. The normalized spacial score (nSPS) is 16.4. The van der Waals surface area contributed by atoms with Crippen molar-refractivity contribution in [2.45, 2.75) is 6.10 Å². The number of nitrogens with one attached hydrogen (secondary N) is 2. The number of carbonyl (C=O) groups is 1. The van der Waals surface area contributed by atoms with Crippen LogP contribution in [-0.2, 0) is 4.74 Å². The number of aromatic nitrogens is 4. The first-order valence-corrected chi connectivity index (χ1v) is 9.89. The summed E-state index contributed by atoms with van der Waals surface area (Å²) in [5.74, 6) is 1.24. The predicted octanol–water partition coefficient (Wildman–Crippen LogP) is 3.81. The molecule has 9 heteroatoms. The van der Waals surface area contributed by atoms with Crippen LogP contribution in [0.25, 0.3) is 22.3 Å². The zero-order valence-electron chi connectivity index (χ0n) is 16.5. The second kappa shape index (κ2) is 8.04. The third kappa shape index (κ3) is 4.03. The molecule has 5 rings (SSSR count). The van der Waals surface area contributed by atoms with Gasteiger partial charge in [-0.15, -0.1) is 0 Å². The Morgan fingerprint density at radius 3 is 3.06 bits per heavy atom. The summed E-state index contributed by atoms with van der Waals surface area (Å²) in [7, 11) is 0. The van der Waals surface area contributed by atoms with Crippen LogP contribution in [0.4, 0.5) is 16.3 Å². The molecule has 2 aromatic heterocycles. The van der Waals surface area contributed by atoms with Crippen LogP contribution < -0.4 is 5.32 Å². The van der Waals surface area contributed by atoms with Crippen LogP contribution in [-0.4, -0.2) is 56.0 Å². The van der Waals surface area contributed by atoms with Gasteiger partial charge in [-0.05, 0) is 35.9 Å². The first-order chi connectivity index (χ1) is 15.2. The SMILES string of the molecule is O=C(O)N1CCOC(c2cccc(-c3nccc(Nc4ccc5[nH]ncc5c4)n3)c2)C1. The number of anilines is 2. The van der Waals surface area contributed by atoms with Gasteiger partial charge < -0.3 is 20.1 Å². The van der Waals surface area contributed by atoms with Crippen LogP contribution in [0.5, 0.6) is 0 Å². The highest BCUT2D eigenvalue weighted by Gasteiger charge is 2.25. The molecule has 1 aliphatic rings. The molecule has 0 radical (unpaired) electrons. The van der Waals surface area contributed by atoms with Crippen molar-refractivity contribution in [2.75, 3.05) is 25.0 Å². The van der Waals surface area contributed by atoms with Gasteiger partial charge in [0.05, 0.1) is 24.9 Å². The van der Waals surface area contributed by atoms with E-state index in [9.17, 15) is 9.90 Å². The van der Waals surface area contributed by atoms with Crippen molar-refractivity contribution in [1.82, 2.24) is 25.1 Å². The number of ether oxygens (including phenoxy) is 1. The number of benzene rings is 2. The minimum atomic E-state index is -0.930. The molecule has 31 heavy (non-hydrogen) atoms. The van der Waals surface area contributed by atoms with E-state index in [1.165, 1.54) is 4.90 Å². The molecular weight excluding hydrogens is 396 g/mol. The predicted molar refractivity (Wildman–Crippen MR) is 115 cm³/mol. The third-order valence-electron chi connectivity index (χ3n) is 5.22. The Hall–Kier alpha value is -3.98. The number of H-pyrrole nitrogens is 1. The van der Waals surface area contributed by atoms with E-state index >= 15 is 0 Å². The molecule has 1 fully saturated rings. The summed E-state index contributed by atoms with van der Waals surface area (Å²) in [6.07, 6.45) is 2.24. The largest absolute Gasteiger partial charge is 0.465 e. The standard InChI is InChI=1S/C22H20N6O3/c29-22(30)28-8-9-31-19(13-28)14-2-1-3-15(10-14)21-23-7-6-20(26-21)25-17-4-5-18-16(11-17)12-24-27-18/h1-7,10-12,19H,8-9,13H2,(H,24,27)(H,29,30)(H,23,25,26). The number of fused-ring (bicyclic) bond motifs is 1. The zero-order chi connectivity index (χ0) is 21.2. The fourth-order valence-electron chi connectivity index (χ4n) is 3.64. The van der Waals surface area contributed by atoms with Crippen molar-refractivity contribution in [1.29, 1.82) is 0 Å². The van der Waals surface area contributed by atoms with E-state index in [0.29, 0.717) is 31.3 Å². The lowest BCUT2D eigenvalue weighted by Crippen LogP contribution is -2.41. The molecule has 1 atom stereocenters. The molecule has 3 N–H and O–H groups in total. The molecule has 9 nitrogen and oxygen atoms in total. The Balaban J connectivity index is 1.38. The van der Waals surface area contributed by atoms with E-state index in [0.717, 1.165) is 27.7 Å². The number of rotatable bonds is 4. The van der Waals surface area contributed by atoms with E-state index < -0.39 is 6.09 Å². The lowest BCUT2D eigenvalue weighted by molar-refractivity contribution is -0.0231. The summed E-state index contributed by atoms with van der Waals surface area (Å²) >= 11 is 0. The number of aromatic amines is 1. The lowest BCUT2D eigenvalue weighted by atomic mass is 10.0. The van der Waals surface area contributed by atoms with E-state index in [-0.39, 0.29) is 6.10 Å². The number of amides is 1. The minimum Gasteiger partial charge on any atom is -0.465 e. The van der Waals surface area contributed by atoms with Crippen LogP contribution >= 0.6 is 0 Å². The van der Waals surface area contributed by atoms with E-state index in [1.54, 1.807) is 12.4 Å². The summed E-state index contributed by atoms with van der Waals surface area (Å²) < 4.78 is 5.80. The maximum atomic E-state index is 11.3. The molecule has 156 valence electrons. The Labute approximate surface area is 177 Å². The number of hydrogen-bond donors (Lipinski definition) is 3. The van der Waals surface area contributed by atoms with Crippen molar-refractivity contribution in [3.05, 3.63) is 66.5 Å². The molecule has 1 unspecified atom stereocenters. The topological polar surface area (TPSA) is 116 Å². The molecule has 0 aliphatic carbocycles. The van der Waals surface area contributed by atoms with E-state index in [1.807, 2.05) is 48.5 Å². The maximum Gasteiger partial charge on any atom is 0.407 e. The Morgan fingerprint density at radius 2 is 2.16 bits per heavy atom. The fraction of sp³-hybridized carbons (Fsp3) is 0.182. The summed E-state index contributed by atoms with van der Waals surface area (Å²) in [4.78, 5) is 21.7. The van der Waals surface area contributed by atoms with Crippen molar-refractivity contribution < 1.29 is 14.6 Å². The third-order valence-corrected chi connectivity index (χ3v) is 5.22. The molecule has 4 aromatic rings. The van der Waals surface area contributed by atoms with Gasteiger partial charge in [-0.1, -0.05) is 18.2 Å². The highest BCUT2D eigenvalue weighted by Crippen LogP contribution is 2.27. The lowest BCUT2D eigenvalue weighted by Gasteiger charge is -2.31. The first-order valence-electron chi connectivity index (χ1n) is 9.89. The molecule has 0 bridgehead atoms.